The van der Waals surface area contributed by atoms with Crippen molar-refractivity contribution in [1.82, 2.24) is 19.9 Å². The van der Waals surface area contributed by atoms with Crippen molar-refractivity contribution in [2.45, 2.75) is 18.8 Å². The molecule has 1 fully saturated rings. The van der Waals surface area contributed by atoms with Crippen LogP contribution in [0.25, 0.3) is 11.3 Å². The van der Waals surface area contributed by atoms with E-state index in [2.05, 4.69) is 19.9 Å². The number of aromatic nitrogens is 3. The first-order valence-electron chi connectivity index (χ1n) is 8.95. The lowest BCUT2D eigenvalue weighted by atomic mass is 10.1. The first-order valence-corrected chi connectivity index (χ1v) is 8.95. The number of rotatable bonds is 4. The van der Waals surface area contributed by atoms with E-state index in [1.54, 1.807) is 12.4 Å². The number of benzene rings is 1. The van der Waals surface area contributed by atoms with E-state index in [1.807, 2.05) is 18.2 Å². The van der Waals surface area contributed by atoms with Gasteiger partial charge in [-0.2, -0.15) is 13.2 Å². The first kappa shape index (κ1) is 18.6. The second-order valence-corrected chi connectivity index (χ2v) is 6.64. The number of alkyl halides is 3. The minimum atomic E-state index is -4.34. The highest BCUT2D eigenvalue weighted by molar-refractivity contribution is 5.59. The number of nitrogens with one attached hydrogen (secondary N) is 1. The van der Waals surface area contributed by atoms with E-state index in [4.69, 9.17) is 4.74 Å². The maximum Gasteiger partial charge on any atom is 0.416 e. The average molecular weight is 388 g/mol. The van der Waals surface area contributed by atoms with Gasteiger partial charge in [0.2, 0.25) is 0 Å². The van der Waals surface area contributed by atoms with Gasteiger partial charge in [0.05, 0.1) is 42.4 Å². The number of ether oxygens (including phenoxy) is 1. The Hall–Kier alpha value is -2.71. The van der Waals surface area contributed by atoms with Crippen molar-refractivity contribution in [1.29, 1.82) is 0 Å². The summed E-state index contributed by atoms with van der Waals surface area (Å²) >= 11 is 0. The third kappa shape index (κ3) is 4.07. The Morgan fingerprint density at radius 2 is 1.93 bits per heavy atom. The van der Waals surface area contributed by atoms with Gasteiger partial charge in [0.25, 0.3) is 0 Å². The minimum Gasteiger partial charge on any atom is -0.378 e. The summed E-state index contributed by atoms with van der Waals surface area (Å²) < 4.78 is 43.9. The van der Waals surface area contributed by atoms with Gasteiger partial charge < -0.3 is 9.72 Å². The van der Waals surface area contributed by atoms with E-state index in [1.165, 1.54) is 12.1 Å². The molecule has 8 heteroatoms. The van der Waals surface area contributed by atoms with E-state index in [-0.39, 0.29) is 6.04 Å². The standard InChI is InChI=1S/C20H19F3N4O/c21-20(22,23)15-6-4-14(5-7-15)17-11-25-19(26-17)18-13-28-10-9-27(18)12-16-3-1-2-8-24-16/h1-8,11,18H,9-10,12-13H2,(H,25,26)/t18-/m0/s1. The molecule has 0 unspecified atom stereocenters. The minimum absolute atomic E-state index is 0.0704. The topological polar surface area (TPSA) is 54.0 Å². The van der Waals surface area contributed by atoms with E-state index in [0.29, 0.717) is 31.0 Å². The zero-order valence-electron chi connectivity index (χ0n) is 15.0. The first-order chi connectivity index (χ1) is 13.5. The molecule has 0 spiro atoms. The van der Waals surface area contributed by atoms with Gasteiger partial charge in [0, 0.05) is 19.3 Å². The summed E-state index contributed by atoms with van der Waals surface area (Å²) in [4.78, 5) is 14.3. The fourth-order valence-electron chi connectivity index (χ4n) is 3.27. The fourth-order valence-corrected chi connectivity index (χ4v) is 3.27. The summed E-state index contributed by atoms with van der Waals surface area (Å²) in [7, 11) is 0. The second-order valence-electron chi connectivity index (χ2n) is 6.64. The van der Waals surface area contributed by atoms with Crippen molar-refractivity contribution >= 4 is 0 Å². The zero-order valence-corrected chi connectivity index (χ0v) is 15.0. The summed E-state index contributed by atoms with van der Waals surface area (Å²) in [5.74, 6) is 0.727. The summed E-state index contributed by atoms with van der Waals surface area (Å²) in [5, 5.41) is 0. The van der Waals surface area contributed by atoms with Crippen LogP contribution in [0, 0.1) is 0 Å². The number of morpholine rings is 1. The number of hydrogen-bond donors (Lipinski definition) is 1. The molecule has 28 heavy (non-hydrogen) atoms. The van der Waals surface area contributed by atoms with Crippen LogP contribution < -0.4 is 0 Å². The van der Waals surface area contributed by atoms with Gasteiger partial charge in [-0.25, -0.2) is 4.98 Å². The Kier molecular flexibility index (Phi) is 5.15. The van der Waals surface area contributed by atoms with Gasteiger partial charge >= 0.3 is 6.18 Å². The molecule has 0 bridgehead atoms. The molecule has 3 aromatic rings. The number of H-pyrrole nitrogens is 1. The molecule has 1 aliphatic heterocycles. The Morgan fingerprint density at radius 3 is 2.64 bits per heavy atom. The van der Waals surface area contributed by atoms with Crippen molar-refractivity contribution < 1.29 is 17.9 Å². The number of nitrogens with zero attached hydrogens (tertiary/aromatic N) is 3. The maximum atomic E-state index is 12.7. The smallest absolute Gasteiger partial charge is 0.378 e. The molecule has 2 aromatic heterocycles. The Labute approximate surface area is 160 Å². The molecule has 0 radical (unpaired) electrons. The van der Waals surface area contributed by atoms with Crippen LogP contribution >= 0.6 is 0 Å². The van der Waals surface area contributed by atoms with Gasteiger partial charge in [-0.3, -0.25) is 9.88 Å². The molecule has 146 valence electrons. The molecule has 1 atom stereocenters. The monoisotopic (exact) mass is 388 g/mol. The van der Waals surface area contributed by atoms with Gasteiger partial charge in [0.1, 0.15) is 5.82 Å². The highest BCUT2D eigenvalue weighted by atomic mass is 19.4. The summed E-state index contributed by atoms with van der Waals surface area (Å²) in [5.41, 5.74) is 1.62. The predicted molar refractivity (Wildman–Crippen MR) is 97.2 cm³/mol. The number of aromatic amines is 1. The molecular weight excluding hydrogens is 369 g/mol. The van der Waals surface area contributed by atoms with Crippen molar-refractivity contribution in [3.63, 3.8) is 0 Å². The number of imidazole rings is 1. The van der Waals surface area contributed by atoms with Crippen LogP contribution in [0.5, 0.6) is 0 Å². The summed E-state index contributed by atoms with van der Waals surface area (Å²) in [6.07, 6.45) is -0.936. The van der Waals surface area contributed by atoms with Crippen LogP contribution in [0.3, 0.4) is 0 Å². The molecular formula is C20H19F3N4O. The zero-order chi connectivity index (χ0) is 19.6. The lowest BCUT2D eigenvalue weighted by Gasteiger charge is -2.34. The van der Waals surface area contributed by atoms with E-state index in [9.17, 15) is 13.2 Å². The molecule has 1 aliphatic rings. The van der Waals surface area contributed by atoms with Crippen LogP contribution in [-0.2, 0) is 17.5 Å². The van der Waals surface area contributed by atoms with Crippen molar-refractivity contribution in [3.8, 4) is 11.3 Å². The fraction of sp³-hybridized carbons (Fsp3) is 0.300. The third-order valence-corrected chi connectivity index (χ3v) is 4.76. The van der Waals surface area contributed by atoms with Gasteiger partial charge in [0.15, 0.2) is 0 Å². The van der Waals surface area contributed by atoms with Crippen LogP contribution in [0.4, 0.5) is 13.2 Å². The average Bonchev–Trinajstić information content (AvgIpc) is 3.19. The van der Waals surface area contributed by atoms with Crippen molar-refractivity contribution in [3.05, 3.63) is 71.9 Å². The maximum absolute atomic E-state index is 12.7. The van der Waals surface area contributed by atoms with Gasteiger partial charge in [-0.05, 0) is 29.8 Å². The molecule has 5 nitrogen and oxygen atoms in total. The van der Waals surface area contributed by atoms with E-state index in [0.717, 1.165) is 30.2 Å². The quantitative estimate of drug-likeness (QED) is 0.732. The lowest BCUT2D eigenvalue weighted by Crippen LogP contribution is -2.39. The molecule has 4 rings (SSSR count). The second kappa shape index (κ2) is 7.73. The van der Waals surface area contributed by atoms with Crippen LogP contribution in [0.2, 0.25) is 0 Å². The lowest BCUT2D eigenvalue weighted by molar-refractivity contribution is -0.137. The largest absolute Gasteiger partial charge is 0.416 e. The van der Waals surface area contributed by atoms with Crippen LogP contribution in [-0.4, -0.2) is 39.6 Å². The molecule has 0 saturated carbocycles. The highest BCUT2D eigenvalue weighted by Crippen LogP contribution is 2.31. The Bertz CT molecular complexity index is 909. The predicted octanol–water partition coefficient (Wildman–Crippen LogP) is 4.06. The molecule has 3 heterocycles. The van der Waals surface area contributed by atoms with E-state index < -0.39 is 11.7 Å². The molecule has 0 amide bonds. The van der Waals surface area contributed by atoms with Crippen molar-refractivity contribution in [2.24, 2.45) is 0 Å². The Balaban J connectivity index is 1.53. The van der Waals surface area contributed by atoms with Crippen LogP contribution in [0.15, 0.2) is 54.9 Å². The van der Waals surface area contributed by atoms with Crippen LogP contribution in [0.1, 0.15) is 23.1 Å². The molecule has 1 saturated heterocycles. The molecule has 1 N–H and O–H groups in total. The third-order valence-electron chi connectivity index (χ3n) is 4.76. The van der Waals surface area contributed by atoms with Gasteiger partial charge in [-0.15, -0.1) is 0 Å². The molecule has 1 aromatic carbocycles. The number of hydrogen-bond acceptors (Lipinski definition) is 4. The number of halogens is 3. The van der Waals surface area contributed by atoms with Crippen molar-refractivity contribution in [2.75, 3.05) is 19.8 Å². The SMILES string of the molecule is FC(F)(F)c1ccc(-c2cnc([C@@H]3COCCN3Cc3ccccn3)[nH]2)cc1. The Morgan fingerprint density at radius 1 is 1.11 bits per heavy atom. The summed E-state index contributed by atoms with van der Waals surface area (Å²) in [6, 6.07) is 10.8. The normalized spacial score (nSPS) is 18.3. The summed E-state index contributed by atoms with van der Waals surface area (Å²) in [6.45, 7) is 2.55. The van der Waals surface area contributed by atoms with Gasteiger partial charge in [-0.1, -0.05) is 18.2 Å². The molecule has 0 aliphatic carbocycles. The van der Waals surface area contributed by atoms with E-state index >= 15 is 0 Å². The number of pyridine rings is 1. The highest BCUT2D eigenvalue weighted by Gasteiger charge is 2.30.